The number of ether oxygens (including phenoxy) is 1. The summed E-state index contributed by atoms with van der Waals surface area (Å²) in [5.41, 5.74) is 0. The van der Waals surface area contributed by atoms with Crippen LogP contribution in [0.4, 0.5) is 5.82 Å². The monoisotopic (exact) mass is 227 g/mol. The van der Waals surface area contributed by atoms with Crippen LogP contribution in [0, 0.1) is 5.92 Å². The Bertz CT molecular complexity index is 315. The first-order valence-corrected chi connectivity index (χ1v) is 5.51. The average Bonchev–Trinajstić information content (AvgIpc) is 2.28. The molecule has 82 valence electrons. The fourth-order valence-electron chi connectivity index (χ4n) is 1.63. The summed E-state index contributed by atoms with van der Waals surface area (Å²) in [4.78, 5) is 8.08. The number of halogens is 1. The van der Waals surface area contributed by atoms with Gasteiger partial charge in [-0.3, -0.25) is 4.98 Å². The first-order chi connectivity index (χ1) is 7.34. The van der Waals surface area contributed by atoms with Crippen molar-refractivity contribution in [2.45, 2.75) is 12.8 Å². The predicted octanol–water partition coefficient (Wildman–Crippen LogP) is 1.97. The third kappa shape index (κ3) is 3.32. The number of nitrogens with one attached hydrogen (secondary N) is 1. The third-order valence-corrected chi connectivity index (χ3v) is 2.70. The van der Waals surface area contributed by atoms with Gasteiger partial charge in [0.25, 0.3) is 0 Å². The maximum Gasteiger partial charge on any atom is 0.149 e. The summed E-state index contributed by atoms with van der Waals surface area (Å²) < 4.78 is 5.29. The summed E-state index contributed by atoms with van der Waals surface area (Å²) in [6.45, 7) is 2.65. The highest BCUT2D eigenvalue weighted by molar-refractivity contribution is 6.29. The number of anilines is 1. The van der Waals surface area contributed by atoms with Gasteiger partial charge in [0.1, 0.15) is 11.0 Å². The molecule has 4 nitrogen and oxygen atoms in total. The van der Waals surface area contributed by atoms with E-state index in [4.69, 9.17) is 16.3 Å². The van der Waals surface area contributed by atoms with E-state index in [1.54, 1.807) is 6.20 Å². The Morgan fingerprint density at radius 1 is 1.40 bits per heavy atom. The van der Waals surface area contributed by atoms with E-state index in [0.717, 1.165) is 38.4 Å². The summed E-state index contributed by atoms with van der Waals surface area (Å²) in [6.07, 6.45) is 5.44. The molecule has 0 atom stereocenters. The van der Waals surface area contributed by atoms with Gasteiger partial charge in [-0.2, -0.15) is 0 Å². The maximum atomic E-state index is 5.73. The number of hydrogen-bond acceptors (Lipinski definition) is 4. The van der Waals surface area contributed by atoms with E-state index in [-0.39, 0.29) is 0 Å². The molecule has 5 heteroatoms. The van der Waals surface area contributed by atoms with Crippen molar-refractivity contribution in [2.75, 3.05) is 25.1 Å². The topological polar surface area (TPSA) is 47.0 Å². The van der Waals surface area contributed by atoms with Gasteiger partial charge in [-0.25, -0.2) is 4.98 Å². The molecule has 1 fully saturated rings. The number of aromatic nitrogens is 2. The van der Waals surface area contributed by atoms with Crippen LogP contribution in [0.3, 0.4) is 0 Å². The van der Waals surface area contributed by atoms with Crippen LogP contribution in [0.15, 0.2) is 12.4 Å². The molecule has 2 rings (SSSR count). The highest BCUT2D eigenvalue weighted by Gasteiger charge is 2.13. The molecule has 0 radical (unpaired) electrons. The van der Waals surface area contributed by atoms with Crippen molar-refractivity contribution in [3.63, 3.8) is 0 Å². The van der Waals surface area contributed by atoms with Gasteiger partial charge in [-0.1, -0.05) is 11.6 Å². The molecule has 0 aliphatic carbocycles. The summed E-state index contributed by atoms with van der Waals surface area (Å²) in [5, 5.41) is 3.66. The van der Waals surface area contributed by atoms with Crippen molar-refractivity contribution in [3.05, 3.63) is 17.5 Å². The van der Waals surface area contributed by atoms with Gasteiger partial charge in [0.2, 0.25) is 0 Å². The second-order valence-corrected chi connectivity index (χ2v) is 4.05. The van der Waals surface area contributed by atoms with Crippen LogP contribution in [0.2, 0.25) is 5.15 Å². The zero-order chi connectivity index (χ0) is 10.5. The smallest absolute Gasteiger partial charge is 0.149 e. The molecule has 1 aromatic heterocycles. The Labute approximate surface area is 94.0 Å². The van der Waals surface area contributed by atoms with Crippen molar-refractivity contribution >= 4 is 17.4 Å². The quantitative estimate of drug-likeness (QED) is 0.858. The Kier molecular flexibility index (Phi) is 3.75. The molecule has 0 aromatic carbocycles. The molecule has 2 heterocycles. The molecular weight excluding hydrogens is 214 g/mol. The minimum atomic E-state index is 0.423. The minimum Gasteiger partial charge on any atom is -0.381 e. The summed E-state index contributed by atoms with van der Waals surface area (Å²) in [5.74, 6) is 1.41. The number of hydrogen-bond donors (Lipinski definition) is 1. The van der Waals surface area contributed by atoms with Crippen LogP contribution in [-0.4, -0.2) is 29.7 Å². The van der Waals surface area contributed by atoms with Crippen molar-refractivity contribution in [1.82, 2.24) is 9.97 Å². The SMILES string of the molecule is Clc1cncc(NCC2CCOCC2)n1. The van der Waals surface area contributed by atoms with Crippen LogP contribution in [0.1, 0.15) is 12.8 Å². The van der Waals surface area contributed by atoms with Gasteiger partial charge in [0, 0.05) is 19.8 Å². The largest absolute Gasteiger partial charge is 0.381 e. The van der Waals surface area contributed by atoms with Crippen molar-refractivity contribution in [1.29, 1.82) is 0 Å². The molecule has 1 aliphatic rings. The van der Waals surface area contributed by atoms with Crippen molar-refractivity contribution in [3.8, 4) is 0 Å². The van der Waals surface area contributed by atoms with Crippen molar-refractivity contribution in [2.24, 2.45) is 5.92 Å². The van der Waals surface area contributed by atoms with Gasteiger partial charge < -0.3 is 10.1 Å². The second kappa shape index (κ2) is 5.28. The van der Waals surface area contributed by atoms with Gasteiger partial charge in [0.15, 0.2) is 0 Å². The van der Waals surface area contributed by atoms with E-state index >= 15 is 0 Å². The molecule has 0 bridgehead atoms. The average molecular weight is 228 g/mol. The fraction of sp³-hybridized carbons (Fsp3) is 0.600. The zero-order valence-electron chi connectivity index (χ0n) is 8.45. The third-order valence-electron chi connectivity index (χ3n) is 2.52. The Hall–Kier alpha value is -0.870. The molecule has 15 heavy (non-hydrogen) atoms. The van der Waals surface area contributed by atoms with Gasteiger partial charge in [-0.15, -0.1) is 0 Å². The molecular formula is C10H14ClN3O. The molecule has 1 aromatic rings. The maximum absolute atomic E-state index is 5.73. The highest BCUT2D eigenvalue weighted by atomic mass is 35.5. The summed E-state index contributed by atoms with van der Waals surface area (Å²) in [6, 6.07) is 0. The Morgan fingerprint density at radius 2 is 2.20 bits per heavy atom. The molecule has 0 amide bonds. The lowest BCUT2D eigenvalue weighted by atomic mass is 10.0. The second-order valence-electron chi connectivity index (χ2n) is 3.66. The fourth-order valence-corrected chi connectivity index (χ4v) is 1.77. The lowest BCUT2D eigenvalue weighted by Crippen LogP contribution is -2.22. The first kappa shape index (κ1) is 10.6. The van der Waals surface area contributed by atoms with E-state index < -0.39 is 0 Å². The first-order valence-electron chi connectivity index (χ1n) is 5.14. The predicted molar refractivity (Wildman–Crippen MR) is 59.1 cm³/mol. The van der Waals surface area contributed by atoms with Gasteiger partial charge in [-0.05, 0) is 18.8 Å². The van der Waals surface area contributed by atoms with Gasteiger partial charge >= 0.3 is 0 Å². The van der Waals surface area contributed by atoms with Crippen LogP contribution in [0.5, 0.6) is 0 Å². The number of rotatable bonds is 3. The van der Waals surface area contributed by atoms with Crippen LogP contribution >= 0.6 is 11.6 Å². The molecule has 1 saturated heterocycles. The molecule has 1 N–H and O–H groups in total. The summed E-state index contributed by atoms with van der Waals surface area (Å²) in [7, 11) is 0. The van der Waals surface area contributed by atoms with Crippen LogP contribution < -0.4 is 5.32 Å². The molecule has 0 unspecified atom stereocenters. The van der Waals surface area contributed by atoms with Crippen LogP contribution in [-0.2, 0) is 4.74 Å². The molecule has 0 saturated carbocycles. The Morgan fingerprint density at radius 3 is 2.93 bits per heavy atom. The number of nitrogens with zero attached hydrogens (tertiary/aromatic N) is 2. The minimum absolute atomic E-state index is 0.423. The normalized spacial score (nSPS) is 17.7. The lowest BCUT2D eigenvalue weighted by molar-refractivity contribution is 0.0699. The standard InChI is InChI=1S/C10H14ClN3O/c11-9-6-12-7-10(14-9)13-5-8-1-3-15-4-2-8/h6-8H,1-5H2,(H,13,14). The van der Waals surface area contributed by atoms with E-state index in [1.165, 1.54) is 6.20 Å². The van der Waals surface area contributed by atoms with Crippen molar-refractivity contribution < 1.29 is 4.74 Å². The highest BCUT2D eigenvalue weighted by Crippen LogP contribution is 2.15. The zero-order valence-corrected chi connectivity index (χ0v) is 9.20. The molecule has 1 aliphatic heterocycles. The Balaban J connectivity index is 1.81. The van der Waals surface area contributed by atoms with Crippen LogP contribution in [0.25, 0.3) is 0 Å². The van der Waals surface area contributed by atoms with E-state index in [9.17, 15) is 0 Å². The lowest BCUT2D eigenvalue weighted by Gasteiger charge is -2.22. The van der Waals surface area contributed by atoms with E-state index in [1.807, 2.05) is 0 Å². The van der Waals surface area contributed by atoms with E-state index in [2.05, 4.69) is 15.3 Å². The molecule has 0 spiro atoms. The van der Waals surface area contributed by atoms with Gasteiger partial charge in [0.05, 0.1) is 12.4 Å². The van der Waals surface area contributed by atoms with E-state index in [0.29, 0.717) is 11.1 Å². The summed E-state index contributed by atoms with van der Waals surface area (Å²) >= 11 is 5.73.